The zero-order valence-corrected chi connectivity index (χ0v) is 20.9. The summed E-state index contributed by atoms with van der Waals surface area (Å²) >= 11 is 0. The van der Waals surface area contributed by atoms with Gasteiger partial charge in [0.1, 0.15) is 21.9 Å². The Bertz CT molecular complexity index is 2310. The highest BCUT2D eigenvalue weighted by Crippen LogP contribution is 2.33. The number of fused-ring (bicyclic) bond motifs is 13. The Morgan fingerprint density at radius 1 is 0.447 bits per heavy atom. The lowest BCUT2D eigenvalue weighted by Gasteiger charge is -2.03. The van der Waals surface area contributed by atoms with Crippen molar-refractivity contribution in [1.29, 1.82) is 0 Å². The van der Waals surface area contributed by atoms with Crippen LogP contribution in [0.1, 0.15) is 5.56 Å². The van der Waals surface area contributed by atoms with Crippen molar-refractivity contribution in [1.82, 2.24) is 0 Å². The van der Waals surface area contributed by atoms with E-state index >= 15 is 0 Å². The molecule has 0 atom stereocenters. The molecule has 0 radical (unpaired) electrons. The van der Waals surface area contributed by atoms with Crippen molar-refractivity contribution in [3.63, 3.8) is 0 Å². The first-order valence-corrected chi connectivity index (χ1v) is 12.9. The Labute approximate surface area is 218 Å². The number of benzene rings is 4. The largest absolute Gasteiger partial charge is 0.456 e. The summed E-state index contributed by atoms with van der Waals surface area (Å²) in [6.07, 6.45) is 4.40. The Morgan fingerprint density at radius 3 is 1.92 bits per heavy atom. The second kappa shape index (κ2) is 7.99. The molecule has 0 aliphatic heterocycles. The minimum absolute atomic E-state index is 0.861. The third-order valence-corrected chi connectivity index (χ3v) is 7.64. The monoisotopic (exact) mass is 488 g/mol. The summed E-state index contributed by atoms with van der Waals surface area (Å²) in [5.74, 6) is 0. The van der Waals surface area contributed by atoms with Gasteiger partial charge in [0.05, 0.1) is 0 Å². The summed E-state index contributed by atoms with van der Waals surface area (Å²) in [7, 11) is 0. The maximum Gasteiger partial charge on any atom is 0.226 e. The van der Waals surface area contributed by atoms with Crippen LogP contribution in [0.5, 0.6) is 0 Å². The van der Waals surface area contributed by atoms with Gasteiger partial charge in [-0.25, -0.2) is 0 Å². The van der Waals surface area contributed by atoms with Crippen LogP contribution in [-0.2, 0) is 0 Å². The summed E-state index contributed by atoms with van der Waals surface area (Å²) in [4.78, 5) is 0. The Balaban J connectivity index is 1.76. The van der Waals surface area contributed by atoms with Crippen molar-refractivity contribution < 1.29 is 13.2 Å². The van der Waals surface area contributed by atoms with Crippen LogP contribution in [-0.4, -0.2) is 0 Å². The Kier molecular flexibility index (Phi) is 4.44. The van der Waals surface area contributed by atoms with E-state index in [1.807, 2.05) is 6.07 Å². The number of hydrogen-bond donors (Lipinski definition) is 0. The fraction of sp³-hybridized carbons (Fsp3) is 0.0286. The molecule has 0 bridgehead atoms. The normalized spacial score (nSPS) is 11.8. The van der Waals surface area contributed by atoms with Gasteiger partial charge in [0, 0.05) is 52.7 Å². The van der Waals surface area contributed by atoms with Crippen LogP contribution >= 0.6 is 0 Å². The third kappa shape index (κ3) is 3.02. The molecule has 3 heteroatoms. The van der Waals surface area contributed by atoms with Crippen LogP contribution in [0.25, 0.3) is 65.6 Å². The fourth-order valence-electron chi connectivity index (χ4n) is 5.92. The number of hydrogen-bond acceptors (Lipinski definition) is 1. The first kappa shape index (κ1) is 21.1. The number of rotatable bonds is 0. The summed E-state index contributed by atoms with van der Waals surface area (Å²) in [6, 6.07) is 40.9. The van der Waals surface area contributed by atoms with Crippen LogP contribution in [0, 0.1) is 6.92 Å². The number of para-hydroxylation sites is 2. The molecule has 0 unspecified atom stereocenters. The van der Waals surface area contributed by atoms with E-state index in [1.54, 1.807) is 0 Å². The molecule has 0 N–H and O–H groups in total. The van der Waals surface area contributed by atoms with E-state index in [1.165, 1.54) is 21.7 Å². The lowest BCUT2D eigenvalue weighted by Crippen LogP contribution is -2.27. The van der Waals surface area contributed by atoms with Gasteiger partial charge in [-0.15, -0.1) is 0 Å². The summed E-state index contributed by atoms with van der Waals surface area (Å²) < 4.78 is 11.3. The smallest absolute Gasteiger partial charge is 0.226 e. The quantitative estimate of drug-likeness (QED) is 0.198. The van der Waals surface area contributed by atoms with E-state index in [-0.39, 0.29) is 0 Å². The third-order valence-electron chi connectivity index (χ3n) is 7.64. The summed E-state index contributed by atoms with van der Waals surface area (Å²) in [5, 5.41) is 6.86. The molecule has 3 nitrogen and oxygen atoms in total. The van der Waals surface area contributed by atoms with E-state index in [0.29, 0.717) is 0 Å². The number of pyridine rings is 2. The van der Waals surface area contributed by atoms with E-state index < -0.39 is 0 Å². The summed E-state index contributed by atoms with van der Waals surface area (Å²) in [6.45, 7) is 2.15. The summed E-state index contributed by atoms with van der Waals surface area (Å²) in [5.41, 5.74) is 7.49. The molecule has 0 saturated carbocycles. The molecule has 4 aromatic carbocycles. The van der Waals surface area contributed by atoms with Crippen LogP contribution in [0.15, 0.2) is 132 Å². The molecule has 0 saturated heterocycles. The zero-order chi connectivity index (χ0) is 25.2. The highest BCUT2D eigenvalue weighted by atomic mass is 16.3. The molecule has 0 fully saturated rings. The van der Waals surface area contributed by atoms with Gasteiger partial charge in [-0.2, -0.15) is 8.80 Å². The molecule has 0 amide bonds. The number of aryl methyl sites for hydroxylation is 1. The van der Waals surface area contributed by atoms with E-state index in [9.17, 15) is 0 Å². The zero-order valence-electron chi connectivity index (χ0n) is 20.9. The first-order valence-electron chi connectivity index (χ1n) is 12.9. The average molecular weight is 489 g/mol. The highest BCUT2D eigenvalue weighted by molar-refractivity contribution is 6.16. The van der Waals surface area contributed by atoms with Crippen LogP contribution in [0.2, 0.25) is 0 Å². The minimum Gasteiger partial charge on any atom is -0.456 e. The molecule has 4 heterocycles. The fourth-order valence-corrected chi connectivity index (χ4v) is 5.92. The van der Waals surface area contributed by atoms with Gasteiger partial charge in [0.15, 0.2) is 12.4 Å². The molecule has 0 spiro atoms. The highest BCUT2D eigenvalue weighted by Gasteiger charge is 2.21. The van der Waals surface area contributed by atoms with Gasteiger partial charge >= 0.3 is 0 Å². The molecule has 4 aromatic heterocycles. The Hall–Kier alpha value is -5.02. The lowest BCUT2D eigenvalue weighted by atomic mass is 10.0. The first-order chi connectivity index (χ1) is 18.8. The standard InChI is InChI=1S/C35H24N2O/c1-23-17-18-32-29-21-35-28(25-11-3-2-10-24(25)26-12-5-7-16-34(26)38-35)20-33(29)36-19-9-8-15-30(36)27-13-4-6-14-31(27)37(32)22-23/h2-22H,1H3/q+2. The van der Waals surface area contributed by atoms with Crippen molar-refractivity contribution in [2.45, 2.75) is 6.92 Å². The molecule has 178 valence electrons. The Morgan fingerprint density at radius 2 is 1.08 bits per heavy atom. The van der Waals surface area contributed by atoms with Gasteiger partial charge in [0.25, 0.3) is 0 Å². The lowest BCUT2D eigenvalue weighted by molar-refractivity contribution is -0.488. The second-order valence-electron chi connectivity index (χ2n) is 9.94. The van der Waals surface area contributed by atoms with Crippen molar-refractivity contribution in [3.8, 4) is 0 Å². The average Bonchev–Trinajstić information content (AvgIpc) is 3.10. The van der Waals surface area contributed by atoms with Crippen molar-refractivity contribution >= 4 is 65.6 Å². The molecule has 8 aromatic rings. The molecule has 38 heavy (non-hydrogen) atoms. The molecule has 0 aliphatic carbocycles. The number of aromatic nitrogens is 2. The maximum atomic E-state index is 6.70. The molecular weight excluding hydrogens is 464 g/mol. The van der Waals surface area contributed by atoms with E-state index in [2.05, 4.69) is 137 Å². The van der Waals surface area contributed by atoms with Gasteiger partial charge < -0.3 is 4.42 Å². The van der Waals surface area contributed by atoms with Gasteiger partial charge in [-0.05, 0) is 42.0 Å². The molecular formula is C35H24N2O+2. The molecule has 0 aliphatic rings. The maximum absolute atomic E-state index is 6.70. The topological polar surface area (TPSA) is 21.3 Å². The predicted octanol–water partition coefficient (Wildman–Crippen LogP) is 7.96. The van der Waals surface area contributed by atoms with Gasteiger partial charge in [-0.1, -0.05) is 54.6 Å². The van der Waals surface area contributed by atoms with Crippen molar-refractivity contribution in [2.24, 2.45) is 0 Å². The van der Waals surface area contributed by atoms with Crippen LogP contribution in [0.4, 0.5) is 0 Å². The predicted molar refractivity (Wildman–Crippen MR) is 155 cm³/mol. The van der Waals surface area contributed by atoms with Crippen LogP contribution in [0.3, 0.4) is 0 Å². The minimum atomic E-state index is 0.861. The van der Waals surface area contributed by atoms with E-state index in [0.717, 1.165) is 49.4 Å². The SMILES string of the molecule is Cc1ccc2c3cc4oc5ccccc5c5ccccc5c4cc3[n+]3ccccc3c3ccccc3[n+]2c1. The second-order valence-corrected chi connectivity index (χ2v) is 9.94. The van der Waals surface area contributed by atoms with Gasteiger partial charge in [-0.3, -0.25) is 0 Å². The van der Waals surface area contributed by atoms with Crippen LogP contribution < -0.4 is 8.80 Å². The molecule has 8 rings (SSSR count). The van der Waals surface area contributed by atoms with Crippen molar-refractivity contribution in [3.05, 3.63) is 133 Å². The van der Waals surface area contributed by atoms with E-state index in [4.69, 9.17) is 4.42 Å². The van der Waals surface area contributed by atoms with Crippen molar-refractivity contribution in [2.75, 3.05) is 0 Å². The number of nitrogens with zero attached hydrogens (tertiary/aromatic N) is 2. The van der Waals surface area contributed by atoms with Gasteiger partial charge in [0.2, 0.25) is 22.1 Å².